The van der Waals surface area contributed by atoms with Crippen molar-refractivity contribution in [2.24, 2.45) is 0 Å². The van der Waals surface area contributed by atoms with Crippen molar-refractivity contribution in [3.8, 4) is 5.69 Å². The van der Waals surface area contributed by atoms with Crippen LogP contribution in [0.5, 0.6) is 0 Å². The minimum Gasteiger partial charge on any atom is -0.397 e. The highest BCUT2D eigenvalue weighted by atomic mass is 35.5. The van der Waals surface area contributed by atoms with E-state index in [-0.39, 0.29) is 5.91 Å². The maximum absolute atomic E-state index is 13.0. The van der Waals surface area contributed by atoms with Gasteiger partial charge in [0.1, 0.15) is 12.2 Å². The molecule has 0 aliphatic rings. The summed E-state index contributed by atoms with van der Waals surface area (Å²) < 4.78 is 1.50. The van der Waals surface area contributed by atoms with Crippen LogP contribution in [0.1, 0.15) is 23.0 Å². The lowest BCUT2D eigenvalue weighted by molar-refractivity contribution is -0.117. The largest absolute Gasteiger partial charge is 0.397 e. The highest BCUT2D eigenvalue weighted by Crippen LogP contribution is 2.24. The molecule has 0 spiro atoms. The van der Waals surface area contributed by atoms with E-state index >= 15 is 0 Å². The third-order valence-corrected chi connectivity index (χ3v) is 5.73. The topological polar surface area (TPSA) is 127 Å². The van der Waals surface area contributed by atoms with E-state index in [2.05, 4.69) is 30.8 Å². The fourth-order valence-electron chi connectivity index (χ4n) is 3.83. The molecule has 174 valence electrons. The number of H-pyrrole nitrogens is 1. The maximum Gasteiger partial charge on any atom is 0.244 e. The molecule has 0 aliphatic carbocycles. The summed E-state index contributed by atoms with van der Waals surface area (Å²) in [4.78, 5) is 21.0. The summed E-state index contributed by atoms with van der Waals surface area (Å²) in [6, 6.07) is 20.3. The third-order valence-electron chi connectivity index (χ3n) is 5.50. The molecule has 0 radical (unpaired) electrons. The van der Waals surface area contributed by atoms with Crippen LogP contribution < -0.4 is 11.1 Å². The molecule has 0 saturated carbocycles. The monoisotopic (exact) mass is 484 g/mol. The van der Waals surface area contributed by atoms with Crippen molar-refractivity contribution < 1.29 is 4.79 Å². The summed E-state index contributed by atoms with van der Waals surface area (Å²) in [5.41, 5.74) is 10.6. The number of tetrazole rings is 1. The number of nitrogen functional groups attached to an aromatic ring is 1. The average Bonchev–Trinajstić information content (AvgIpc) is 3.54. The second kappa shape index (κ2) is 9.78. The van der Waals surface area contributed by atoms with Crippen molar-refractivity contribution in [1.29, 1.82) is 0 Å². The minimum atomic E-state index is -0.403. The van der Waals surface area contributed by atoms with Gasteiger partial charge in [0.15, 0.2) is 0 Å². The number of nitrogens with two attached hydrogens (primary N) is 1. The van der Waals surface area contributed by atoms with Gasteiger partial charge in [0, 0.05) is 16.7 Å². The van der Waals surface area contributed by atoms with E-state index in [0.29, 0.717) is 34.2 Å². The highest BCUT2D eigenvalue weighted by molar-refractivity contribution is 6.30. The number of anilines is 1. The van der Waals surface area contributed by atoms with Crippen LogP contribution in [0.2, 0.25) is 5.02 Å². The molecule has 1 atom stereocenters. The standard InChI is InChI=1S/C25H21ClN8O/c26-18-10-11-22(34-15-28-32-33-34)17(14-18)9-12-23(35)29-21(13-16-5-2-1-3-6-16)25-30-20-8-4-7-19(27)24(20)31-25/h1-12,14-15,21H,13,27H2,(H,29,35)(H,30,31)/b12-9+. The molecule has 1 unspecified atom stereocenters. The van der Waals surface area contributed by atoms with Crippen LogP contribution in [-0.2, 0) is 11.2 Å². The van der Waals surface area contributed by atoms with Crippen LogP contribution in [0.3, 0.4) is 0 Å². The van der Waals surface area contributed by atoms with Gasteiger partial charge in [0.2, 0.25) is 5.91 Å². The zero-order valence-corrected chi connectivity index (χ0v) is 19.2. The first-order valence-electron chi connectivity index (χ1n) is 10.9. The molecule has 4 N–H and O–H groups in total. The Labute approximate surface area is 205 Å². The lowest BCUT2D eigenvalue weighted by Gasteiger charge is -2.16. The molecule has 5 rings (SSSR count). The normalized spacial score (nSPS) is 12.3. The number of hydrogen-bond acceptors (Lipinski definition) is 6. The van der Waals surface area contributed by atoms with Gasteiger partial charge >= 0.3 is 0 Å². The van der Waals surface area contributed by atoms with E-state index in [0.717, 1.165) is 16.6 Å². The van der Waals surface area contributed by atoms with Crippen molar-refractivity contribution >= 4 is 40.3 Å². The number of imidazole rings is 1. The van der Waals surface area contributed by atoms with Crippen LogP contribution in [0, 0.1) is 0 Å². The number of aromatic nitrogens is 6. The third kappa shape index (κ3) is 5.04. The Kier molecular flexibility index (Phi) is 6.23. The molecule has 10 heteroatoms. The zero-order chi connectivity index (χ0) is 24.2. The first-order valence-corrected chi connectivity index (χ1v) is 11.2. The summed E-state index contributed by atoms with van der Waals surface area (Å²) in [6.07, 6.45) is 5.15. The second-order valence-electron chi connectivity index (χ2n) is 7.91. The number of benzene rings is 3. The summed E-state index contributed by atoms with van der Waals surface area (Å²) in [7, 11) is 0. The fraction of sp³-hybridized carbons (Fsp3) is 0.0800. The Bertz CT molecular complexity index is 1490. The molecule has 3 aromatic carbocycles. The van der Waals surface area contributed by atoms with Gasteiger partial charge in [0.05, 0.1) is 28.5 Å². The van der Waals surface area contributed by atoms with Crippen molar-refractivity contribution in [2.45, 2.75) is 12.5 Å². The van der Waals surface area contributed by atoms with Crippen LogP contribution in [-0.4, -0.2) is 36.1 Å². The fourth-order valence-corrected chi connectivity index (χ4v) is 4.01. The maximum atomic E-state index is 13.0. The molecule has 35 heavy (non-hydrogen) atoms. The van der Waals surface area contributed by atoms with Gasteiger partial charge in [-0.15, -0.1) is 5.10 Å². The van der Waals surface area contributed by atoms with Gasteiger partial charge in [-0.3, -0.25) is 4.79 Å². The highest BCUT2D eigenvalue weighted by Gasteiger charge is 2.19. The SMILES string of the molecule is Nc1cccc2nc(C(Cc3ccccc3)NC(=O)/C=C/c3cc(Cl)ccc3-n3cnnn3)[nH]c12. The van der Waals surface area contributed by atoms with E-state index < -0.39 is 6.04 Å². The van der Waals surface area contributed by atoms with E-state index in [4.69, 9.17) is 17.3 Å². The minimum absolute atomic E-state index is 0.290. The van der Waals surface area contributed by atoms with Gasteiger partial charge < -0.3 is 16.0 Å². The average molecular weight is 485 g/mol. The summed E-state index contributed by atoms with van der Waals surface area (Å²) in [5, 5.41) is 14.9. The van der Waals surface area contributed by atoms with E-state index in [9.17, 15) is 4.79 Å². The smallest absolute Gasteiger partial charge is 0.244 e. The first kappa shape index (κ1) is 22.3. The van der Waals surface area contributed by atoms with Gasteiger partial charge in [-0.1, -0.05) is 48.0 Å². The van der Waals surface area contributed by atoms with Crippen molar-refractivity contribution in [3.05, 3.63) is 101 Å². The molecule has 0 fully saturated rings. The Morgan fingerprint density at radius 3 is 2.77 bits per heavy atom. The molecule has 9 nitrogen and oxygen atoms in total. The molecule has 1 amide bonds. The number of para-hydroxylation sites is 1. The molecule has 5 aromatic rings. The molecule has 2 aromatic heterocycles. The predicted octanol–water partition coefficient (Wildman–Crippen LogP) is 3.89. The Balaban J connectivity index is 1.42. The lowest BCUT2D eigenvalue weighted by Crippen LogP contribution is -2.29. The van der Waals surface area contributed by atoms with Gasteiger partial charge in [0.25, 0.3) is 0 Å². The van der Waals surface area contributed by atoms with Crippen molar-refractivity contribution in [1.82, 2.24) is 35.5 Å². The van der Waals surface area contributed by atoms with Crippen molar-refractivity contribution in [2.75, 3.05) is 5.73 Å². The first-order chi connectivity index (χ1) is 17.1. The molecule has 0 bridgehead atoms. The van der Waals surface area contributed by atoms with Crippen LogP contribution >= 0.6 is 11.6 Å². The number of hydrogen-bond donors (Lipinski definition) is 3. The number of fused-ring (bicyclic) bond motifs is 1. The van der Waals surface area contributed by atoms with E-state index in [1.54, 1.807) is 24.3 Å². The zero-order valence-electron chi connectivity index (χ0n) is 18.5. The summed E-state index contributed by atoms with van der Waals surface area (Å²) in [6.45, 7) is 0. The van der Waals surface area contributed by atoms with Crippen LogP contribution in [0.25, 0.3) is 22.8 Å². The Hall–Kier alpha value is -4.50. The van der Waals surface area contributed by atoms with Gasteiger partial charge in [-0.25, -0.2) is 4.98 Å². The predicted molar refractivity (Wildman–Crippen MR) is 135 cm³/mol. The number of amides is 1. The van der Waals surface area contributed by atoms with Crippen LogP contribution in [0.4, 0.5) is 5.69 Å². The number of nitrogens with zero attached hydrogens (tertiary/aromatic N) is 5. The van der Waals surface area contributed by atoms with E-state index in [1.165, 1.54) is 17.1 Å². The number of carbonyl (C=O) groups is 1. The second-order valence-corrected chi connectivity index (χ2v) is 8.34. The Morgan fingerprint density at radius 2 is 2.00 bits per heavy atom. The Morgan fingerprint density at radius 1 is 1.14 bits per heavy atom. The molecular weight excluding hydrogens is 464 g/mol. The number of halogens is 1. The molecular formula is C25H21ClN8O. The number of rotatable bonds is 7. The number of carbonyl (C=O) groups excluding carboxylic acids is 1. The molecule has 0 saturated heterocycles. The van der Waals surface area contributed by atoms with Crippen LogP contribution in [0.15, 0.2) is 79.1 Å². The molecule has 0 aliphatic heterocycles. The summed E-state index contributed by atoms with van der Waals surface area (Å²) in [5.74, 6) is 0.336. The lowest BCUT2D eigenvalue weighted by atomic mass is 10.1. The number of aromatic amines is 1. The quantitative estimate of drug-likeness (QED) is 0.237. The summed E-state index contributed by atoms with van der Waals surface area (Å²) >= 11 is 6.18. The van der Waals surface area contributed by atoms with Gasteiger partial charge in [-0.2, -0.15) is 4.68 Å². The molecule has 2 heterocycles. The van der Waals surface area contributed by atoms with Gasteiger partial charge in [-0.05, 0) is 58.8 Å². The van der Waals surface area contributed by atoms with Crippen molar-refractivity contribution in [3.63, 3.8) is 0 Å². The van der Waals surface area contributed by atoms with E-state index in [1.807, 2.05) is 48.5 Å². The number of nitrogens with one attached hydrogen (secondary N) is 2.